The maximum Gasteiger partial charge on any atom is 0.279 e. The van der Waals surface area contributed by atoms with Crippen molar-refractivity contribution in [2.24, 2.45) is 0 Å². The summed E-state index contributed by atoms with van der Waals surface area (Å²) in [4.78, 5) is 20.2. The molecule has 2 heterocycles. The third-order valence-corrected chi connectivity index (χ3v) is 2.78. The van der Waals surface area contributed by atoms with Gasteiger partial charge >= 0.3 is 0 Å². The first-order valence-corrected chi connectivity index (χ1v) is 5.74. The average Bonchev–Trinajstić information content (AvgIpc) is 2.78. The number of thiophene rings is 1. The minimum absolute atomic E-state index is 0.233. The van der Waals surface area contributed by atoms with Gasteiger partial charge in [-0.3, -0.25) is 15.6 Å². The molecule has 0 aliphatic heterocycles. The Morgan fingerprint density at radius 2 is 2.29 bits per heavy atom. The molecule has 2 aromatic heterocycles. The summed E-state index contributed by atoms with van der Waals surface area (Å²) in [5.41, 5.74) is 11.4. The van der Waals surface area contributed by atoms with E-state index in [4.69, 9.17) is 5.73 Å². The molecule has 0 bridgehead atoms. The molecule has 0 saturated heterocycles. The van der Waals surface area contributed by atoms with Crippen molar-refractivity contribution in [2.45, 2.75) is 6.92 Å². The minimum atomic E-state index is -0.233. The number of carbonyl (C=O) groups excluding carboxylic acids is 1. The van der Waals surface area contributed by atoms with Crippen molar-refractivity contribution < 1.29 is 4.79 Å². The van der Waals surface area contributed by atoms with Crippen molar-refractivity contribution in [3.05, 3.63) is 34.2 Å². The van der Waals surface area contributed by atoms with Gasteiger partial charge in [0.25, 0.3) is 5.91 Å². The zero-order valence-corrected chi connectivity index (χ0v) is 9.91. The topological polar surface area (TPSA) is 92.9 Å². The molecule has 0 saturated carbocycles. The standard InChI is InChI=1S/C10H11N5OS/c1-6-5-8(11)13-10(12-6)15-14-9(16)7-3-2-4-17-7/h2-5H,1H3,(H,14,16)(H3,11,12,13,15). The Labute approximate surface area is 102 Å². The Bertz CT molecular complexity index is 505. The van der Waals surface area contributed by atoms with Crippen LogP contribution in [0.2, 0.25) is 0 Å². The largest absolute Gasteiger partial charge is 0.384 e. The van der Waals surface area contributed by atoms with Crippen LogP contribution in [-0.4, -0.2) is 15.9 Å². The first-order chi connectivity index (χ1) is 8.15. The fraction of sp³-hybridized carbons (Fsp3) is 0.100. The van der Waals surface area contributed by atoms with E-state index in [2.05, 4.69) is 20.8 Å². The van der Waals surface area contributed by atoms with Crippen LogP contribution in [0.4, 0.5) is 11.8 Å². The molecule has 2 rings (SSSR count). The van der Waals surface area contributed by atoms with E-state index in [0.29, 0.717) is 10.7 Å². The fourth-order valence-corrected chi connectivity index (χ4v) is 1.85. The molecule has 88 valence electrons. The molecule has 1 amide bonds. The van der Waals surface area contributed by atoms with E-state index in [9.17, 15) is 4.79 Å². The zero-order valence-electron chi connectivity index (χ0n) is 9.10. The van der Waals surface area contributed by atoms with E-state index >= 15 is 0 Å². The van der Waals surface area contributed by atoms with Crippen molar-refractivity contribution in [1.82, 2.24) is 15.4 Å². The molecular formula is C10H11N5OS. The zero-order chi connectivity index (χ0) is 12.3. The normalized spacial score (nSPS) is 9.94. The first kappa shape index (κ1) is 11.3. The minimum Gasteiger partial charge on any atom is -0.384 e. The average molecular weight is 249 g/mol. The molecule has 4 N–H and O–H groups in total. The van der Waals surface area contributed by atoms with Crippen LogP contribution in [0.15, 0.2) is 23.6 Å². The number of hydrogen-bond donors (Lipinski definition) is 3. The summed E-state index contributed by atoms with van der Waals surface area (Å²) in [7, 11) is 0. The van der Waals surface area contributed by atoms with Crippen LogP contribution in [0.1, 0.15) is 15.4 Å². The first-order valence-electron chi connectivity index (χ1n) is 4.86. The molecule has 6 nitrogen and oxygen atoms in total. The Hall–Kier alpha value is -2.15. The van der Waals surface area contributed by atoms with E-state index in [0.717, 1.165) is 5.69 Å². The Kier molecular flexibility index (Phi) is 3.20. The highest BCUT2D eigenvalue weighted by atomic mass is 32.1. The summed E-state index contributed by atoms with van der Waals surface area (Å²) >= 11 is 1.35. The smallest absolute Gasteiger partial charge is 0.279 e. The summed E-state index contributed by atoms with van der Waals surface area (Å²) in [6, 6.07) is 5.18. The molecule has 0 atom stereocenters. The van der Waals surface area contributed by atoms with Crippen LogP contribution >= 0.6 is 11.3 Å². The lowest BCUT2D eigenvalue weighted by atomic mass is 10.4. The highest BCUT2D eigenvalue weighted by Gasteiger charge is 2.06. The van der Waals surface area contributed by atoms with E-state index in [1.165, 1.54) is 11.3 Å². The maximum atomic E-state index is 11.6. The predicted octanol–water partition coefficient (Wildman–Crippen LogP) is 1.19. The van der Waals surface area contributed by atoms with Crippen LogP contribution < -0.4 is 16.6 Å². The number of aromatic nitrogens is 2. The summed E-state index contributed by atoms with van der Waals surface area (Å²) in [6.07, 6.45) is 0. The van der Waals surface area contributed by atoms with Crippen LogP contribution in [0, 0.1) is 6.92 Å². The molecule has 7 heteroatoms. The third-order valence-electron chi connectivity index (χ3n) is 1.91. The van der Waals surface area contributed by atoms with Crippen molar-refractivity contribution >= 4 is 29.0 Å². The van der Waals surface area contributed by atoms with E-state index in [1.807, 2.05) is 5.38 Å². The van der Waals surface area contributed by atoms with E-state index in [1.54, 1.807) is 25.1 Å². The lowest BCUT2D eigenvalue weighted by Gasteiger charge is -2.06. The van der Waals surface area contributed by atoms with Crippen LogP contribution in [0.25, 0.3) is 0 Å². The highest BCUT2D eigenvalue weighted by Crippen LogP contribution is 2.08. The monoisotopic (exact) mass is 249 g/mol. The lowest BCUT2D eigenvalue weighted by Crippen LogP contribution is -2.29. The summed E-state index contributed by atoms with van der Waals surface area (Å²) in [6.45, 7) is 1.80. The Morgan fingerprint density at radius 3 is 2.94 bits per heavy atom. The number of nitrogens with two attached hydrogens (primary N) is 1. The number of hydrogen-bond acceptors (Lipinski definition) is 6. The molecule has 17 heavy (non-hydrogen) atoms. The second-order valence-electron chi connectivity index (χ2n) is 3.31. The van der Waals surface area contributed by atoms with Gasteiger partial charge in [0.15, 0.2) is 0 Å². The van der Waals surface area contributed by atoms with Gasteiger partial charge in [-0.15, -0.1) is 11.3 Å². The Balaban J connectivity index is 2.00. The number of nitrogen functional groups attached to an aromatic ring is 1. The number of amides is 1. The second kappa shape index (κ2) is 4.79. The van der Waals surface area contributed by atoms with Crippen LogP contribution in [0.3, 0.4) is 0 Å². The SMILES string of the molecule is Cc1cc(N)nc(NNC(=O)c2cccs2)n1. The van der Waals surface area contributed by atoms with Crippen molar-refractivity contribution in [2.75, 3.05) is 11.2 Å². The van der Waals surface area contributed by atoms with Gasteiger partial charge in [-0.05, 0) is 18.4 Å². The Morgan fingerprint density at radius 1 is 1.47 bits per heavy atom. The molecule has 0 spiro atoms. The molecule has 0 fully saturated rings. The second-order valence-corrected chi connectivity index (χ2v) is 4.26. The van der Waals surface area contributed by atoms with Gasteiger partial charge in [-0.25, -0.2) is 4.98 Å². The van der Waals surface area contributed by atoms with Gasteiger partial charge < -0.3 is 5.73 Å². The van der Waals surface area contributed by atoms with Gasteiger partial charge in [-0.2, -0.15) is 4.98 Å². The quantitative estimate of drug-likeness (QED) is 0.710. The number of nitrogens with zero attached hydrogens (tertiary/aromatic N) is 2. The lowest BCUT2D eigenvalue weighted by molar-refractivity contribution is 0.0966. The van der Waals surface area contributed by atoms with Gasteiger partial charge in [-0.1, -0.05) is 6.07 Å². The number of aryl methyl sites for hydroxylation is 1. The summed E-state index contributed by atoms with van der Waals surface area (Å²) in [5.74, 6) is 0.390. The van der Waals surface area contributed by atoms with Crippen LogP contribution in [-0.2, 0) is 0 Å². The molecule has 0 aromatic carbocycles. The molecule has 2 aromatic rings. The van der Waals surface area contributed by atoms with E-state index in [-0.39, 0.29) is 11.9 Å². The molecule has 0 radical (unpaired) electrons. The number of carbonyl (C=O) groups is 1. The molecule has 0 aliphatic rings. The van der Waals surface area contributed by atoms with Gasteiger partial charge in [0.2, 0.25) is 5.95 Å². The highest BCUT2D eigenvalue weighted by molar-refractivity contribution is 7.12. The fourth-order valence-electron chi connectivity index (χ4n) is 1.23. The summed E-state index contributed by atoms with van der Waals surface area (Å²) in [5, 5.41) is 1.83. The van der Waals surface area contributed by atoms with Crippen molar-refractivity contribution in [1.29, 1.82) is 0 Å². The maximum absolute atomic E-state index is 11.6. The van der Waals surface area contributed by atoms with Crippen LogP contribution in [0.5, 0.6) is 0 Å². The van der Waals surface area contributed by atoms with E-state index < -0.39 is 0 Å². The number of rotatable bonds is 3. The molecule has 0 unspecified atom stereocenters. The third kappa shape index (κ3) is 2.91. The number of anilines is 2. The number of nitrogens with one attached hydrogen (secondary N) is 2. The summed E-state index contributed by atoms with van der Waals surface area (Å²) < 4.78 is 0. The van der Waals surface area contributed by atoms with Gasteiger partial charge in [0, 0.05) is 11.8 Å². The van der Waals surface area contributed by atoms with Gasteiger partial charge in [0.05, 0.1) is 4.88 Å². The van der Waals surface area contributed by atoms with Crippen molar-refractivity contribution in [3.63, 3.8) is 0 Å². The molecular weight excluding hydrogens is 238 g/mol. The molecule has 0 aliphatic carbocycles. The predicted molar refractivity (Wildman–Crippen MR) is 66.6 cm³/mol. The van der Waals surface area contributed by atoms with Crippen molar-refractivity contribution in [3.8, 4) is 0 Å². The number of hydrazine groups is 1. The van der Waals surface area contributed by atoms with Gasteiger partial charge in [0.1, 0.15) is 5.82 Å².